The monoisotopic (exact) mass is 543 g/mol. The molecule has 0 saturated heterocycles. The molecule has 0 saturated carbocycles. The van der Waals surface area contributed by atoms with Gasteiger partial charge < -0.3 is 15.2 Å². The van der Waals surface area contributed by atoms with E-state index in [9.17, 15) is 23.1 Å². The Balaban J connectivity index is 1.78. The number of ether oxygens (including phenoxy) is 1. The number of methoxy groups -OCH3 is 1. The highest BCUT2D eigenvalue weighted by Gasteiger charge is 2.37. The third-order valence-electron chi connectivity index (χ3n) is 5.46. The number of benzene rings is 2. The van der Waals surface area contributed by atoms with E-state index in [2.05, 4.69) is 10.3 Å². The van der Waals surface area contributed by atoms with Gasteiger partial charge in [-0.15, -0.1) is 0 Å². The summed E-state index contributed by atoms with van der Waals surface area (Å²) >= 11 is 1.50. The van der Waals surface area contributed by atoms with Crippen LogP contribution in [0, 0.1) is 0 Å². The summed E-state index contributed by atoms with van der Waals surface area (Å²) in [5, 5.41) is 12.6. The Morgan fingerprint density at radius 2 is 1.76 bits per heavy atom. The van der Waals surface area contributed by atoms with Gasteiger partial charge in [-0.3, -0.25) is 14.6 Å². The van der Waals surface area contributed by atoms with Crippen LogP contribution in [0.3, 0.4) is 0 Å². The van der Waals surface area contributed by atoms with Crippen molar-refractivity contribution in [3.8, 4) is 5.75 Å². The SMILES string of the molecule is COc1ccc(S(=O)(=O)N(CC(=O)NCc2cccnc2)C(CCSCc2ccccc2)C(=O)O)cc1. The summed E-state index contributed by atoms with van der Waals surface area (Å²) in [7, 11) is -2.87. The van der Waals surface area contributed by atoms with Gasteiger partial charge in [0.25, 0.3) is 0 Å². The van der Waals surface area contributed by atoms with Crippen molar-refractivity contribution in [1.29, 1.82) is 0 Å². The molecule has 0 aliphatic carbocycles. The lowest BCUT2D eigenvalue weighted by molar-refractivity contribution is -0.141. The van der Waals surface area contributed by atoms with Crippen molar-refractivity contribution in [3.63, 3.8) is 0 Å². The van der Waals surface area contributed by atoms with Crippen molar-refractivity contribution in [1.82, 2.24) is 14.6 Å². The molecular formula is C26H29N3O6S2. The number of hydrogen-bond donors (Lipinski definition) is 2. The van der Waals surface area contributed by atoms with Crippen LogP contribution in [0.15, 0.2) is 84.0 Å². The fourth-order valence-electron chi connectivity index (χ4n) is 3.50. The molecule has 11 heteroatoms. The summed E-state index contributed by atoms with van der Waals surface area (Å²) in [6, 6.07) is 17.3. The van der Waals surface area contributed by atoms with Gasteiger partial charge in [-0.25, -0.2) is 8.42 Å². The molecule has 2 N–H and O–H groups in total. The Kier molecular flexibility index (Phi) is 10.5. The van der Waals surface area contributed by atoms with Gasteiger partial charge in [-0.1, -0.05) is 36.4 Å². The summed E-state index contributed by atoms with van der Waals surface area (Å²) in [4.78, 5) is 28.9. The van der Waals surface area contributed by atoms with E-state index >= 15 is 0 Å². The summed E-state index contributed by atoms with van der Waals surface area (Å²) in [5.74, 6) is -0.449. The number of carbonyl (C=O) groups excluding carboxylic acids is 1. The molecule has 0 aliphatic heterocycles. The third-order valence-corrected chi connectivity index (χ3v) is 8.39. The van der Waals surface area contributed by atoms with Crippen LogP contribution in [0.25, 0.3) is 0 Å². The highest BCUT2D eigenvalue weighted by molar-refractivity contribution is 7.98. The van der Waals surface area contributed by atoms with Crippen molar-refractivity contribution in [2.75, 3.05) is 19.4 Å². The molecule has 1 unspecified atom stereocenters. The summed E-state index contributed by atoms with van der Waals surface area (Å²) < 4.78 is 33.0. The van der Waals surface area contributed by atoms with Crippen LogP contribution in [-0.2, 0) is 31.9 Å². The van der Waals surface area contributed by atoms with E-state index in [-0.39, 0.29) is 17.9 Å². The second-order valence-electron chi connectivity index (χ2n) is 8.04. The maximum absolute atomic E-state index is 13.6. The molecule has 1 heterocycles. The number of aromatic nitrogens is 1. The van der Waals surface area contributed by atoms with Gasteiger partial charge in [0.05, 0.1) is 18.6 Å². The standard InChI is InChI=1S/C26H29N3O6S2/c1-35-22-9-11-23(12-10-22)37(33,34)29(18-25(30)28-17-21-8-5-14-27-16-21)24(26(31)32)13-15-36-19-20-6-3-2-4-7-20/h2-12,14,16,24H,13,15,17-19H2,1H3,(H,28,30)(H,31,32). The van der Waals surface area contributed by atoms with Gasteiger partial charge in [-0.05, 0) is 53.6 Å². The number of sulfonamides is 1. The number of carboxylic acids is 1. The number of carboxylic acid groups (broad SMARTS) is 1. The number of amides is 1. The van der Waals surface area contributed by atoms with E-state index in [1.165, 1.54) is 43.1 Å². The van der Waals surface area contributed by atoms with Crippen LogP contribution < -0.4 is 10.1 Å². The zero-order chi connectivity index (χ0) is 26.7. The normalized spacial score (nSPS) is 12.2. The number of nitrogens with one attached hydrogen (secondary N) is 1. The molecule has 2 aromatic carbocycles. The van der Waals surface area contributed by atoms with E-state index in [1.807, 2.05) is 30.3 Å². The van der Waals surface area contributed by atoms with E-state index < -0.39 is 34.5 Å². The first-order valence-electron chi connectivity index (χ1n) is 11.5. The van der Waals surface area contributed by atoms with Crippen LogP contribution in [0.2, 0.25) is 0 Å². The van der Waals surface area contributed by atoms with Crippen LogP contribution >= 0.6 is 11.8 Å². The topological polar surface area (TPSA) is 126 Å². The zero-order valence-electron chi connectivity index (χ0n) is 20.3. The number of pyridine rings is 1. The van der Waals surface area contributed by atoms with E-state index in [0.717, 1.165) is 15.4 Å². The number of carbonyl (C=O) groups is 2. The minimum Gasteiger partial charge on any atom is -0.497 e. The van der Waals surface area contributed by atoms with Gasteiger partial charge in [-0.2, -0.15) is 16.1 Å². The first-order valence-corrected chi connectivity index (χ1v) is 14.1. The van der Waals surface area contributed by atoms with Gasteiger partial charge in [0.1, 0.15) is 11.8 Å². The van der Waals surface area contributed by atoms with Crippen LogP contribution in [0.4, 0.5) is 0 Å². The highest BCUT2D eigenvalue weighted by Crippen LogP contribution is 2.24. The number of thioether (sulfide) groups is 1. The minimum absolute atomic E-state index is 0.0259. The second kappa shape index (κ2) is 13.8. The average Bonchev–Trinajstić information content (AvgIpc) is 2.92. The molecule has 1 aromatic heterocycles. The lowest BCUT2D eigenvalue weighted by Crippen LogP contribution is -2.49. The Labute approximate surface area is 220 Å². The Bertz CT molecular complexity index is 1260. The average molecular weight is 544 g/mol. The number of rotatable bonds is 14. The van der Waals surface area contributed by atoms with Gasteiger partial charge in [0.2, 0.25) is 15.9 Å². The number of aliphatic carboxylic acids is 1. The van der Waals surface area contributed by atoms with Crippen molar-refractivity contribution >= 4 is 33.7 Å². The molecule has 0 aliphatic rings. The summed E-state index contributed by atoms with van der Waals surface area (Å²) in [6.45, 7) is -0.511. The largest absolute Gasteiger partial charge is 0.497 e. The molecule has 0 spiro atoms. The predicted molar refractivity (Wildman–Crippen MR) is 142 cm³/mol. The van der Waals surface area contributed by atoms with Crippen LogP contribution in [-0.4, -0.2) is 60.1 Å². The molecule has 1 amide bonds. The molecule has 1 atom stereocenters. The molecular weight excluding hydrogens is 514 g/mol. The molecule has 0 bridgehead atoms. The molecule has 9 nitrogen and oxygen atoms in total. The van der Waals surface area contributed by atoms with Crippen molar-refractivity contribution < 1.29 is 27.9 Å². The summed E-state index contributed by atoms with van der Waals surface area (Å²) in [6.07, 6.45) is 3.20. The van der Waals surface area contributed by atoms with Crippen LogP contribution in [0.1, 0.15) is 17.5 Å². The van der Waals surface area contributed by atoms with Gasteiger partial charge in [0, 0.05) is 24.7 Å². The molecule has 0 fully saturated rings. The Morgan fingerprint density at radius 3 is 2.38 bits per heavy atom. The van der Waals surface area contributed by atoms with Crippen LogP contribution in [0.5, 0.6) is 5.75 Å². The quantitative estimate of drug-likeness (QED) is 0.297. The van der Waals surface area contributed by atoms with E-state index in [1.54, 1.807) is 24.5 Å². The maximum atomic E-state index is 13.6. The van der Waals surface area contributed by atoms with Gasteiger partial charge >= 0.3 is 5.97 Å². The first kappa shape index (κ1) is 28.2. The Hall–Kier alpha value is -3.41. The van der Waals surface area contributed by atoms with E-state index in [4.69, 9.17) is 4.74 Å². The smallest absolute Gasteiger partial charge is 0.322 e. The molecule has 3 rings (SSSR count). The maximum Gasteiger partial charge on any atom is 0.322 e. The first-order chi connectivity index (χ1) is 17.8. The minimum atomic E-state index is -4.32. The highest BCUT2D eigenvalue weighted by atomic mass is 32.2. The fourth-order valence-corrected chi connectivity index (χ4v) is 6.03. The Morgan fingerprint density at radius 1 is 1.05 bits per heavy atom. The predicted octanol–water partition coefficient (Wildman–Crippen LogP) is 3.17. The van der Waals surface area contributed by atoms with E-state index in [0.29, 0.717) is 17.3 Å². The van der Waals surface area contributed by atoms with Crippen molar-refractivity contribution in [2.45, 2.75) is 29.7 Å². The lowest BCUT2D eigenvalue weighted by Gasteiger charge is -2.28. The molecule has 196 valence electrons. The molecule has 0 radical (unpaired) electrons. The van der Waals surface area contributed by atoms with Crippen molar-refractivity contribution in [3.05, 3.63) is 90.3 Å². The molecule has 3 aromatic rings. The fraction of sp³-hybridized carbons (Fsp3) is 0.269. The summed E-state index contributed by atoms with van der Waals surface area (Å²) in [5.41, 5.74) is 1.81. The molecule has 37 heavy (non-hydrogen) atoms. The number of hydrogen-bond acceptors (Lipinski definition) is 7. The second-order valence-corrected chi connectivity index (χ2v) is 11.0. The third kappa shape index (κ3) is 8.31. The zero-order valence-corrected chi connectivity index (χ0v) is 22.0. The van der Waals surface area contributed by atoms with Gasteiger partial charge in [0.15, 0.2) is 0 Å². The lowest BCUT2D eigenvalue weighted by atomic mass is 10.2. The van der Waals surface area contributed by atoms with Crippen molar-refractivity contribution in [2.24, 2.45) is 0 Å². The number of nitrogens with zero attached hydrogens (tertiary/aromatic N) is 2.